The fraction of sp³-hybridized carbons (Fsp3) is 0.900. The number of urea groups is 1. The first-order chi connectivity index (χ1) is 6.68. The number of nitrogens with one attached hydrogen (secondary N) is 1. The van der Waals surface area contributed by atoms with Gasteiger partial charge in [0.15, 0.2) is 0 Å². The molecule has 2 heterocycles. The predicted octanol–water partition coefficient (Wildman–Crippen LogP) is 0.494. The van der Waals surface area contributed by atoms with Crippen molar-refractivity contribution >= 4 is 6.03 Å². The van der Waals surface area contributed by atoms with Crippen LogP contribution in [0.1, 0.15) is 19.8 Å². The summed E-state index contributed by atoms with van der Waals surface area (Å²) in [5.74, 6) is 0. The molecule has 0 bridgehead atoms. The number of hydrogen-bond donors (Lipinski definition) is 1. The van der Waals surface area contributed by atoms with E-state index in [1.807, 2.05) is 4.90 Å². The SMILES string of the molecule is CC1CC(N2CCNC2=O)CCN1C. The summed E-state index contributed by atoms with van der Waals surface area (Å²) in [4.78, 5) is 15.8. The molecule has 0 aromatic rings. The molecule has 14 heavy (non-hydrogen) atoms. The maximum absolute atomic E-state index is 11.5. The van der Waals surface area contributed by atoms with Crippen molar-refractivity contribution in [1.29, 1.82) is 0 Å². The molecule has 2 aliphatic rings. The summed E-state index contributed by atoms with van der Waals surface area (Å²) in [6, 6.07) is 1.19. The van der Waals surface area contributed by atoms with E-state index in [2.05, 4.69) is 24.2 Å². The number of carbonyl (C=O) groups excluding carboxylic acids is 1. The van der Waals surface area contributed by atoms with Gasteiger partial charge in [-0.15, -0.1) is 0 Å². The minimum absolute atomic E-state index is 0.131. The van der Waals surface area contributed by atoms with Crippen LogP contribution < -0.4 is 5.32 Å². The average molecular weight is 197 g/mol. The van der Waals surface area contributed by atoms with Gasteiger partial charge in [0, 0.05) is 31.7 Å². The summed E-state index contributed by atoms with van der Waals surface area (Å²) in [6.45, 7) is 5.05. The van der Waals surface area contributed by atoms with Gasteiger partial charge in [0.2, 0.25) is 0 Å². The van der Waals surface area contributed by atoms with Crippen molar-refractivity contribution in [1.82, 2.24) is 15.1 Å². The number of amides is 2. The van der Waals surface area contributed by atoms with E-state index < -0.39 is 0 Å². The molecule has 80 valence electrons. The maximum Gasteiger partial charge on any atom is 0.317 e. The first-order valence-corrected chi connectivity index (χ1v) is 5.43. The Morgan fingerprint density at radius 1 is 1.43 bits per heavy atom. The van der Waals surface area contributed by atoms with E-state index in [0.717, 1.165) is 32.5 Å². The Morgan fingerprint density at radius 3 is 2.79 bits per heavy atom. The summed E-state index contributed by atoms with van der Waals surface area (Å²) in [6.07, 6.45) is 2.23. The lowest BCUT2D eigenvalue weighted by molar-refractivity contribution is 0.115. The standard InChI is InChI=1S/C10H19N3O/c1-8-7-9(3-5-12(8)2)13-6-4-11-10(13)14/h8-9H,3-7H2,1-2H3,(H,11,14). The maximum atomic E-state index is 11.5. The van der Waals surface area contributed by atoms with Crippen molar-refractivity contribution in [3.63, 3.8) is 0 Å². The van der Waals surface area contributed by atoms with Gasteiger partial charge < -0.3 is 15.1 Å². The van der Waals surface area contributed by atoms with Crippen LogP contribution in [0, 0.1) is 0 Å². The predicted molar refractivity (Wildman–Crippen MR) is 55.2 cm³/mol. The molecule has 4 heteroatoms. The molecule has 2 fully saturated rings. The number of nitrogens with zero attached hydrogens (tertiary/aromatic N) is 2. The van der Waals surface area contributed by atoms with Crippen LogP contribution in [-0.2, 0) is 0 Å². The van der Waals surface area contributed by atoms with Crippen LogP contribution in [0.3, 0.4) is 0 Å². The fourth-order valence-electron chi connectivity index (χ4n) is 2.38. The Labute approximate surface area is 85.2 Å². The van der Waals surface area contributed by atoms with Gasteiger partial charge in [0.05, 0.1) is 0 Å². The molecule has 2 rings (SSSR count). The lowest BCUT2D eigenvalue weighted by Crippen LogP contribution is -2.48. The Kier molecular flexibility index (Phi) is 2.63. The fourth-order valence-corrected chi connectivity index (χ4v) is 2.38. The zero-order valence-corrected chi connectivity index (χ0v) is 8.99. The third kappa shape index (κ3) is 1.71. The average Bonchev–Trinajstić information content (AvgIpc) is 2.57. The second-order valence-electron chi connectivity index (χ2n) is 4.43. The van der Waals surface area contributed by atoms with Crippen molar-refractivity contribution in [2.45, 2.75) is 31.8 Å². The quantitative estimate of drug-likeness (QED) is 0.664. The van der Waals surface area contributed by atoms with Crippen LogP contribution in [0.2, 0.25) is 0 Å². The molecule has 0 spiro atoms. The third-order valence-corrected chi connectivity index (χ3v) is 3.51. The molecule has 0 aliphatic carbocycles. The number of rotatable bonds is 1. The highest BCUT2D eigenvalue weighted by Crippen LogP contribution is 2.21. The van der Waals surface area contributed by atoms with Crippen LogP contribution in [-0.4, -0.2) is 54.6 Å². The molecule has 2 aliphatic heterocycles. The van der Waals surface area contributed by atoms with Gasteiger partial charge in [-0.1, -0.05) is 0 Å². The van der Waals surface area contributed by atoms with Crippen LogP contribution in [0.5, 0.6) is 0 Å². The lowest BCUT2D eigenvalue weighted by atomic mass is 9.98. The highest BCUT2D eigenvalue weighted by Gasteiger charge is 2.32. The van der Waals surface area contributed by atoms with Crippen molar-refractivity contribution in [2.75, 3.05) is 26.7 Å². The Hall–Kier alpha value is -0.770. The second kappa shape index (κ2) is 3.77. The Balaban J connectivity index is 1.95. The summed E-state index contributed by atoms with van der Waals surface area (Å²) in [7, 11) is 2.16. The zero-order chi connectivity index (χ0) is 10.1. The molecule has 2 unspecified atom stereocenters. The van der Waals surface area contributed by atoms with Crippen molar-refractivity contribution in [3.8, 4) is 0 Å². The molecule has 0 aromatic heterocycles. The van der Waals surface area contributed by atoms with E-state index >= 15 is 0 Å². The van der Waals surface area contributed by atoms with E-state index in [9.17, 15) is 4.79 Å². The van der Waals surface area contributed by atoms with Gasteiger partial charge in [-0.05, 0) is 26.8 Å². The van der Waals surface area contributed by atoms with Gasteiger partial charge in [-0.3, -0.25) is 0 Å². The molecule has 2 saturated heterocycles. The van der Waals surface area contributed by atoms with Gasteiger partial charge in [-0.25, -0.2) is 4.79 Å². The summed E-state index contributed by atoms with van der Waals surface area (Å²) in [5, 5.41) is 2.87. The molecule has 0 saturated carbocycles. The van der Waals surface area contributed by atoms with E-state index in [1.54, 1.807) is 0 Å². The summed E-state index contributed by atoms with van der Waals surface area (Å²) >= 11 is 0. The monoisotopic (exact) mass is 197 g/mol. The highest BCUT2D eigenvalue weighted by atomic mass is 16.2. The molecule has 2 atom stereocenters. The van der Waals surface area contributed by atoms with Crippen LogP contribution >= 0.6 is 0 Å². The largest absolute Gasteiger partial charge is 0.336 e. The van der Waals surface area contributed by atoms with E-state index in [-0.39, 0.29) is 6.03 Å². The topological polar surface area (TPSA) is 35.6 Å². The second-order valence-corrected chi connectivity index (χ2v) is 4.43. The number of piperidine rings is 1. The minimum atomic E-state index is 0.131. The number of hydrogen-bond acceptors (Lipinski definition) is 2. The minimum Gasteiger partial charge on any atom is -0.336 e. The molecule has 0 radical (unpaired) electrons. The first kappa shape index (κ1) is 9.77. The van der Waals surface area contributed by atoms with E-state index in [4.69, 9.17) is 0 Å². The van der Waals surface area contributed by atoms with E-state index in [0.29, 0.717) is 12.1 Å². The number of carbonyl (C=O) groups is 1. The number of likely N-dealkylation sites (tertiary alicyclic amines) is 1. The normalized spacial score (nSPS) is 34.7. The van der Waals surface area contributed by atoms with Gasteiger partial charge in [0.1, 0.15) is 0 Å². The Bertz CT molecular complexity index is 231. The van der Waals surface area contributed by atoms with Crippen LogP contribution in [0.25, 0.3) is 0 Å². The molecule has 4 nitrogen and oxygen atoms in total. The smallest absolute Gasteiger partial charge is 0.317 e. The van der Waals surface area contributed by atoms with Crippen LogP contribution in [0.15, 0.2) is 0 Å². The highest BCUT2D eigenvalue weighted by molar-refractivity contribution is 5.76. The third-order valence-electron chi connectivity index (χ3n) is 3.51. The Morgan fingerprint density at radius 2 is 2.21 bits per heavy atom. The molecule has 2 amide bonds. The molecular formula is C10H19N3O. The van der Waals surface area contributed by atoms with E-state index in [1.165, 1.54) is 0 Å². The van der Waals surface area contributed by atoms with Crippen molar-refractivity contribution in [2.24, 2.45) is 0 Å². The van der Waals surface area contributed by atoms with Crippen molar-refractivity contribution in [3.05, 3.63) is 0 Å². The lowest BCUT2D eigenvalue weighted by Gasteiger charge is -2.38. The summed E-state index contributed by atoms with van der Waals surface area (Å²) < 4.78 is 0. The van der Waals surface area contributed by atoms with Crippen molar-refractivity contribution < 1.29 is 4.79 Å². The van der Waals surface area contributed by atoms with Gasteiger partial charge in [0.25, 0.3) is 0 Å². The van der Waals surface area contributed by atoms with Crippen LogP contribution in [0.4, 0.5) is 4.79 Å². The summed E-state index contributed by atoms with van der Waals surface area (Å²) in [5.41, 5.74) is 0. The first-order valence-electron chi connectivity index (χ1n) is 5.43. The molecule has 1 N–H and O–H groups in total. The zero-order valence-electron chi connectivity index (χ0n) is 8.99. The molecular weight excluding hydrogens is 178 g/mol. The van der Waals surface area contributed by atoms with Gasteiger partial charge >= 0.3 is 6.03 Å². The molecule has 0 aromatic carbocycles. The van der Waals surface area contributed by atoms with Gasteiger partial charge in [-0.2, -0.15) is 0 Å².